The van der Waals surface area contributed by atoms with E-state index in [1.165, 1.54) is 6.42 Å². The van der Waals surface area contributed by atoms with E-state index in [0.717, 1.165) is 39.0 Å². The fourth-order valence-corrected chi connectivity index (χ4v) is 2.95. The molecule has 4 heteroatoms. The summed E-state index contributed by atoms with van der Waals surface area (Å²) in [5.74, 6) is -0.0221. The van der Waals surface area contributed by atoms with Crippen molar-refractivity contribution in [3.8, 4) is 0 Å². The monoisotopic (exact) mass is 240 g/mol. The Hall–Kier alpha value is -0.610. The van der Waals surface area contributed by atoms with Crippen molar-refractivity contribution in [3.63, 3.8) is 0 Å². The van der Waals surface area contributed by atoms with E-state index in [0.29, 0.717) is 13.0 Å². The van der Waals surface area contributed by atoms with Gasteiger partial charge in [0.05, 0.1) is 13.0 Å². The van der Waals surface area contributed by atoms with Crippen molar-refractivity contribution in [1.82, 2.24) is 9.80 Å². The van der Waals surface area contributed by atoms with Gasteiger partial charge in [-0.3, -0.25) is 9.69 Å². The summed E-state index contributed by atoms with van der Waals surface area (Å²) in [4.78, 5) is 16.6. The molecule has 0 aromatic rings. The maximum Gasteiger partial charge on any atom is 0.307 e. The highest BCUT2D eigenvalue weighted by Crippen LogP contribution is 2.41. The fourth-order valence-electron chi connectivity index (χ4n) is 2.95. The van der Waals surface area contributed by atoms with Crippen molar-refractivity contribution in [2.45, 2.75) is 38.1 Å². The third-order valence-electron chi connectivity index (χ3n) is 4.24. The topological polar surface area (TPSA) is 32.8 Å². The van der Waals surface area contributed by atoms with E-state index in [1.54, 1.807) is 0 Å². The lowest BCUT2D eigenvalue weighted by molar-refractivity contribution is -0.149. The Bertz CT molecular complexity index is 269. The minimum Gasteiger partial charge on any atom is -0.466 e. The van der Waals surface area contributed by atoms with Crippen molar-refractivity contribution in [2.24, 2.45) is 0 Å². The zero-order valence-corrected chi connectivity index (χ0v) is 11.1. The van der Waals surface area contributed by atoms with Crippen LogP contribution in [0.3, 0.4) is 0 Å². The van der Waals surface area contributed by atoms with Gasteiger partial charge in [-0.15, -0.1) is 0 Å². The van der Waals surface area contributed by atoms with E-state index in [1.807, 2.05) is 6.92 Å². The number of ether oxygens (including phenoxy) is 1. The highest BCUT2D eigenvalue weighted by molar-refractivity contribution is 5.71. The van der Waals surface area contributed by atoms with Gasteiger partial charge in [-0.2, -0.15) is 0 Å². The Morgan fingerprint density at radius 2 is 1.88 bits per heavy atom. The number of piperazine rings is 1. The average molecular weight is 240 g/mol. The van der Waals surface area contributed by atoms with Crippen molar-refractivity contribution in [3.05, 3.63) is 0 Å². The molecule has 0 aromatic carbocycles. The molecule has 2 rings (SSSR count). The van der Waals surface area contributed by atoms with E-state index < -0.39 is 0 Å². The minimum absolute atomic E-state index is 0.0221. The smallest absolute Gasteiger partial charge is 0.307 e. The van der Waals surface area contributed by atoms with Crippen LogP contribution >= 0.6 is 0 Å². The van der Waals surface area contributed by atoms with Gasteiger partial charge < -0.3 is 9.64 Å². The zero-order chi connectivity index (χ0) is 12.3. The summed E-state index contributed by atoms with van der Waals surface area (Å²) >= 11 is 0. The molecule has 1 heterocycles. The molecule has 98 valence electrons. The van der Waals surface area contributed by atoms with Crippen LogP contribution in [-0.4, -0.2) is 61.1 Å². The summed E-state index contributed by atoms with van der Waals surface area (Å²) in [6.45, 7) is 6.79. The van der Waals surface area contributed by atoms with Gasteiger partial charge in [0, 0.05) is 31.7 Å². The Kier molecular flexibility index (Phi) is 4.05. The average Bonchev–Trinajstić information content (AvgIpc) is 2.25. The molecule has 0 atom stereocenters. The van der Waals surface area contributed by atoms with Gasteiger partial charge in [-0.05, 0) is 33.2 Å². The molecule has 0 amide bonds. The van der Waals surface area contributed by atoms with Crippen molar-refractivity contribution < 1.29 is 9.53 Å². The van der Waals surface area contributed by atoms with Crippen molar-refractivity contribution in [2.75, 3.05) is 39.8 Å². The lowest BCUT2D eigenvalue weighted by Crippen LogP contribution is -2.60. The van der Waals surface area contributed by atoms with Crippen LogP contribution < -0.4 is 0 Å². The van der Waals surface area contributed by atoms with E-state index in [9.17, 15) is 4.79 Å². The van der Waals surface area contributed by atoms with Crippen LogP contribution in [0.25, 0.3) is 0 Å². The SMILES string of the molecule is CCOC(=O)CC1(N2CCN(C)CC2)CCC1. The van der Waals surface area contributed by atoms with Gasteiger partial charge in [0.2, 0.25) is 0 Å². The van der Waals surface area contributed by atoms with E-state index >= 15 is 0 Å². The summed E-state index contributed by atoms with van der Waals surface area (Å²) in [5.41, 5.74) is 0.132. The molecule has 0 bridgehead atoms. The summed E-state index contributed by atoms with van der Waals surface area (Å²) in [7, 11) is 2.16. The maximum absolute atomic E-state index is 11.7. The molecule has 0 N–H and O–H groups in total. The van der Waals surface area contributed by atoms with Crippen LogP contribution in [0.15, 0.2) is 0 Å². The molecule has 0 unspecified atom stereocenters. The number of esters is 1. The van der Waals surface area contributed by atoms with Gasteiger partial charge in [0.1, 0.15) is 0 Å². The lowest BCUT2D eigenvalue weighted by atomic mass is 9.72. The first-order valence-electron chi connectivity index (χ1n) is 6.75. The van der Waals surface area contributed by atoms with E-state index in [2.05, 4.69) is 16.8 Å². The highest BCUT2D eigenvalue weighted by atomic mass is 16.5. The first-order valence-corrected chi connectivity index (χ1v) is 6.75. The number of nitrogens with zero attached hydrogens (tertiary/aromatic N) is 2. The molecule has 2 fully saturated rings. The molecule has 17 heavy (non-hydrogen) atoms. The Labute approximate surface area is 104 Å². The van der Waals surface area contributed by atoms with Crippen LogP contribution in [0.5, 0.6) is 0 Å². The van der Waals surface area contributed by atoms with Crippen molar-refractivity contribution in [1.29, 1.82) is 0 Å². The predicted molar refractivity (Wildman–Crippen MR) is 66.9 cm³/mol. The highest BCUT2D eigenvalue weighted by Gasteiger charge is 2.44. The van der Waals surface area contributed by atoms with Crippen LogP contribution in [0.4, 0.5) is 0 Å². The zero-order valence-electron chi connectivity index (χ0n) is 11.1. The molecule has 0 radical (unpaired) electrons. The summed E-state index contributed by atoms with van der Waals surface area (Å²) < 4.78 is 5.11. The van der Waals surface area contributed by atoms with Crippen molar-refractivity contribution >= 4 is 5.97 Å². The molecule has 4 nitrogen and oxygen atoms in total. The molecule has 0 aromatic heterocycles. The minimum atomic E-state index is -0.0221. The molecule has 0 spiro atoms. The number of carbonyl (C=O) groups is 1. The normalized spacial score (nSPS) is 25.3. The first-order chi connectivity index (χ1) is 8.16. The fraction of sp³-hybridized carbons (Fsp3) is 0.923. The molecular weight excluding hydrogens is 216 g/mol. The summed E-state index contributed by atoms with van der Waals surface area (Å²) in [6, 6.07) is 0. The molecular formula is C13H24N2O2. The van der Waals surface area contributed by atoms with Gasteiger partial charge in [-0.1, -0.05) is 0 Å². The van der Waals surface area contributed by atoms with Gasteiger partial charge >= 0.3 is 5.97 Å². The largest absolute Gasteiger partial charge is 0.466 e. The summed E-state index contributed by atoms with van der Waals surface area (Å²) in [5, 5.41) is 0. The van der Waals surface area contributed by atoms with Crippen LogP contribution in [0.1, 0.15) is 32.6 Å². The molecule has 1 saturated heterocycles. The standard InChI is InChI=1S/C13H24N2O2/c1-3-17-12(16)11-13(5-4-6-13)15-9-7-14(2)8-10-15/h3-11H2,1-2H3. The maximum atomic E-state index is 11.7. The number of hydrogen-bond acceptors (Lipinski definition) is 4. The number of carbonyl (C=O) groups excluding carboxylic acids is 1. The number of likely N-dealkylation sites (N-methyl/N-ethyl adjacent to an activating group) is 1. The quantitative estimate of drug-likeness (QED) is 0.689. The first kappa shape index (κ1) is 12.8. The van der Waals surface area contributed by atoms with Crippen LogP contribution in [-0.2, 0) is 9.53 Å². The van der Waals surface area contributed by atoms with E-state index in [4.69, 9.17) is 4.74 Å². The van der Waals surface area contributed by atoms with Gasteiger partial charge in [0.15, 0.2) is 0 Å². The second-order valence-corrected chi connectivity index (χ2v) is 5.35. The predicted octanol–water partition coefficient (Wildman–Crippen LogP) is 1.11. The molecule has 1 aliphatic heterocycles. The Balaban J connectivity index is 1.92. The Morgan fingerprint density at radius 3 is 2.35 bits per heavy atom. The van der Waals surface area contributed by atoms with Gasteiger partial charge in [-0.25, -0.2) is 0 Å². The molecule has 1 saturated carbocycles. The van der Waals surface area contributed by atoms with Crippen LogP contribution in [0, 0.1) is 0 Å². The van der Waals surface area contributed by atoms with Gasteiger partial charge in [0.25, 0.3) is 0 Å². The number of hydrogen-bond donors (Lipinski definition) is 0. The second-order valence-electron chi connectivity index (χ2n) is 5.35. The second kappa shape index (κ2) is 5.36. The number of rotatable bonds is 4. The van der Waals surface area contributed by atoms with E-state index in [-0.39, 0.29) is 11.5 Å². The third-order valence-corrected chi connectivity index (χ3v) is 4.24. The van der Waals surface area contributed by atoms with Crippen LogP contribution in [0.2, 0.25) is 0 Å². The summed E-state index contributed by atoms with van der Waals surface area (Å²) in [6.07, 6.45) is 4.17. The molecule has 2 aliphatic rings. The molecule has 1 aliphatic carbocycles. The Morgan fingerprint density at radius 1 is 1.24 bits per heavy atom. The lowest BCUT2D eigenvalue weighted by Gasteiger charge is -2.52. The third kappa shape index (κ3) is 2.80.